The molecule has 2 bridgehead atoms. The molecule has 2 aliphatic heterocycles. The van der Waals surface area contributed by atoms with Gasteiger partial charge in [-0.05, 0) is 97.7 Å². The van der Waals surface area contributed by atoms with Gasteiger partial charge in [0.05, 0.1) is 11.4 Å². The quantitative estimate of drug-likeness (QED) is 0.420. The van der Waals surface area contributed by atoms with Crippen LogP contribution in [-0.4, -0.2) is 39.0 Å². The Bertz CT molecular complexity index is 1380. The minimum absolute atomic E-state index is 0.0230. The van der Waals surface area contributed by atoms with Crippen molar-refractivity contribution in [2.75, 3.05) is 23.7 Å². The lowest BCUT2D eigenvalue weighted by Crippen LogP contribution is -2.42. The van der Waals surface area contributed by atoms with Crippen molar-refractivity contribution < 1.29 is 22.7 Å². The highest BCUT2D eigenvalue weighted by Gasteiger charge is 2.38. The van der Waals surface area contributed by atoms with E-state index in [-0.39, 0.29) is 40.8 Å². The summed E-state index contributed by atoms with van der Waals surface area (Å²) in [7, 11) is -3.84. The lowest BCUT2D eigenvalue weighted by atomic mass is 9.69. The Morgan fingerprint density at radius 3 is 2.60 bits per heavy atom. The van der Waals surface area contributed by atoms with Gasteiger partial charge in [0.1, 0.15) is 18.1 Å². The molecule has 9 heteroatoms. The summed E-state index contributed by atoms with van der Waals surface area (Å²) in [6.07, 6.45) is 5.73. The van der Waals surface area contributed by atoms with Gasteiger partial charge in [-0.3, -0.25) is 9.59 Å². The van der Waals surface area contributed by atoms with Crippen molar-refractivity contribution in [3.05, 3.63) is 58.1 Å². The number of carbonyl (C=O) groups is 2. The molecule has 1 fully saturated rings. The van der Waals surface area contributed by atoms with Gasteiger partial charge in [-0.15, -0.1) is 0 Å². The molecule has 0 radical (unpaired) electrons. The first kappa shape index (κ1) is 28.9. The molecule has 0 aromatic heterocycles. The molecule has 1 aliphatic carbocycles. The smallest absolute Gasteiger partial charge is 0.264 e. The van der Waals surface area contributed by atoms with E-state index in [2.05, 4.69) is 9.62 Å². The third-order valence-electron chi connectivity index (χ3n) is 8.63. The summed E-state index contributed by atoms with van der Waals surface area (Å²) < 4.78 is 34.4. The standard InChI is InChI=1S/C31H39ClN2O5S/c1-20-13-21(2)19-40(37,38)33-31(36)23-8-11-30-28(16-23)34(17-24-7-10-27(24)29(35)14-20)12-4-3-5-22-15-26(32)9-6-25(22)18-39-30/h6,8-9,11,15-16,20-21,24,27H,3-5,7,10,12-14,17-19H2,1-2H3,(H,33,36)/t20-,21+,24+,27-/m1/s1. The number of anilines is 1. The first-order valence-electron chi connectivity index (χ1n) is 14.4. The molecule has 7 nitrogen and oxygen atoms in total. The van der Waals surface area contributed by atoms with Crippen molar-refractivity contribution in [1.82, 2.24) is 4.72 Å². The van der Waals surface area contributed by atoms with Crippen LogP contribution in [0.4, 0.5) is 5.69 Å². The van der Waals surface area contributed by atoms with E-state index in [4.69, 9.17) is 16.3 Å². The van der Waals surface area contributed by atoms with Crippen LogP contribution in [0, 0.1) is 23.7 Å². The number of nitrogens with one attached hydrogen (secondary N) is 1. The summed E-state index contributed by atoms with van der Waals surface area (Å²) in [5.74, 6) is 0.304. The highest BCUT2D eigenvalue weighted by Crippen LogP contribution is 2.40. The highest BCUT2D eigenvalue weighted by atomic mass is 35.5. The van der Waals surface area contributed by atoms with E-state index >= 15 is 0 Å². The summed E-state index contributed by atoms with van der Waals surface area (Å²) in [4.78, 5) is 28.7. The Labute approximate surface area is 242 Å². The van der Waals surface area contributed by atoms with E-state index in [1.807, 2.05) is 32.0 Å². The molecular formula is C31H39ClN2O5S. The van der Waals surface area contributed by atoms with Gasteiger partial charge >= 0.3 is 0 Å². The van der Waals surface area contributed by atoms with Crippen molar-refractivity contribution >= 4 is 39.0 Å². The minimum Gasteiger partial charge on any atom is -0.487 e. The fourth-order valence-corrected chi connectivity index (χ4v) is 8.09. The number of fused-ring (bicyclic) bond motifs is 3. The minimum atomic E-state index is -3.84. The SMILES string of the molecule is C[C@H]1CC(=O)[C@@H]2CC[C@H]2CN2CCCCc3cc(Cl)ccc3COc3ccc(cc32)C(=O)NS(=O)(=O)C[C@@H](C)C1. The van der Waals surface area contributed by atoms with Crippen LogP contribution in [0.2, 0.25) is 5.02 Å². The molecule has 40 heavy (non-hydrogen) atoms. The maximum Gasteiger partial charge on any atom is 0.264 e. The first-order valence-corrected chi connectivity index (χ1v) is 16.5. The van der Waals surface area contributed by atoms with Gasteiger partial charge in [0.2, 0.25) is 10.0 Å². The summed E-state index contributed by atoms with van der Waals surface area (Å²) in [6.45, 7) is 5.67. The van der Waals surface area contributed by atoms with Crippen molar-refractivity contribution in [1.29, 1.82) is 0 Å². The number of amides is 1. The van der Waals surface area contributed by atoms with Gasteiger partial charge in [0.15, 0.2) is 0 Å². The largest absolute Gasteiger partial charge is 0.487 e. The van der Waals surface area contributed by atoms with Gasteiger partial charge in [-0.2, -0.15) is 0 Å². The lowest BCUT2D eigenvalue weighted by molar-refractivity contribution is -0.128. The highest BCUT2D eigenvalue weighted by molar-refractivity contribution is 7.90. The monoisotopic (exact) mass is 586 g/mol. The second-order valence-electron chi connectivity index (χ2n) is 12.1. The van der Waals surface area contributed by atoms with Crippen LogP contribution in [0.25, 0.3) is 0 Å². The van der Waals surface area contributed by atoms with Crippen molar-refractivity contribution in [2.24, 2.45) is 23.7 Å². The molecule has 2 aromatic carbocycles. The Morgan fingerprint density at radius 2 is 1.82 bits per heavy atom. The number of benzene rings is 2. The number of ketones is 1. The second kappa shape index (κ2) is 12.1. The molecule has 0 unspecified atom stereocenters. The van der Waals surface area contributed by atoms with Crippen LogP contribution in [0.15, 0.2) is 36.4 Å². The number of ether oxygens (including phenoxy) is 1. The fourth-order valence-electron chi connectivity index (χ4n) is 6.52. The zero-order valence-corrected chi connectivity index (χ0v) is 24.9. The van der Waals surface area contributed by atoms with Gasteiger partial charge < -0.3 is 9.64 Å². The third kappa shape index (κ3) is 6.82. The van der Waals surface area contributed by atoms with Gasteiger partial charge in [-0.1, -0.05) is 31.5 Å². The van der Waals surface area contributed by atoms with Crippen LogP contribution >= 0.6 is 11.6 Å². The molecule has 4 atom stereocenters. The first-order chi connectivity index (χ1) is 19.1. The van der Waals surface area contributed by atoms with Crippen LogP contribution in [0.1, 0.15) is 73.9 Å². The van der Waals surface area contributed by atoms with E-state index in [1.54, 1.807) is 18.2 Å². The molecule has 3 aliphatic rings. The predicted molar refractivity (Wildman–Crippen MR) is 157 cm³/mol. The van der Waals surface area contributed by atoms with E-state index in [1.165, 1.54) is 5.56 Å². The number of aryl methyl sites for hydroxylation is 1. The Kier molecular flexibility index (Phi) is 8.76. The van der Waals surface area contributed by atoms with Crippen LogP contribution in [-0.2, 0) is 27.8 Å². The number of carbonyl (C=O) groups excluding carboxylic acids is 2. The molecular weight excluding hydrogens is 548 g/mol. The Balaban J connectivity index is 1.52. The Hall–Kier alpha value is -2.58. The summed E-state index contributed by atoms with van der Waals surface area (Å²) in [5, 5.41) is 0.703. The zero-order valence-electron chi connectivity index (χ0n) is 23.3. The molecule has 0 spiro atoms. The summed E-state index contributed by atoms with van der Waals surface area (Å²) in [6, 6.07) is 11.0. The van der Waals surface area contributed by atoms with Crippen molar-refractivity contribution in [3.63, 3.8) is 0 Å². The van der Waals surface area contributed by atoms with Gasteiger partial charge in [0, 0.05) is 36.0 Å². The third-order valence-corrected chi connectivity index (χ3v) is 10.4. The Morgan fingerprint density at radius 1 is 1.00 bits per heavy atom. The van der Waals surface area contributed by atoms with Gasteiger partial charge in [-0.25, -0.2) is 13.1 Å². The summed E-state index contributed by atoms with van der Waals surface area (Å²) >= 11 is 6.29. The molecule has 5 rings (SSSR count). The summed E-state index contributed by atoms with van der Waals surface area (Å²) in [5.41, 5.74) is 3.27. The van der Waals surface area contributed by atoms with E-state index in [9.17, 15) is 18.0 Å². The second-order valence-corrected chi connectivity index (χ2v) is 14.3. The average Bonchev–Trinajstić information content (AvgIpc) is 2.88. The molecule has 216 valence electrons. The molecule has 1 amide bonds. The van der Waals surface area contributed by atoms with Crippen molar-refractivity contribution in [3.8, 4) is 5.75 Å². The number of hydrogen-bond donors (Lipinski definition) is 1. The van der Waals surface area contributed by atoms with Crippen LogP contribution < -0.4 is 14.4 Å². The molecule has 2 heterocycles. The topological polar surface area (TPSA) is 92.8 Å². The van der Waals surface area contributed by atoms with Crippen LogP contribution in [0.3, 0.4) is 0 Å². The number of halogens is 1. The average molecular weight is 587 g/mol. The molecule has 1 saturated carbocycles. The number of hydrogen-bond acceptors (Lipinski definition) is 6. The number of rotatable bonds is 0. The maximum atomic E-state index is 13.3. The predicted octanol–water partition coefficient (Wildman–Crippen LogP) is 5.78. The van der Waals surface area contributed by atoms with E-state index in [0.29, 0.717) is 36.8 Å². The maximum absolute atomic E-state index is 13.3. The fraction of sp³-hybridized carbons (Fsp3) is 0.548. The van der Waals surface area contributed by atoms with Crippen molar-refractivity contribution in [2.45, 2.75) is 65.4 Å². The molecule has 2 aromatic rings. The molecule has 1 N–H and O–H groups in total. The van der Waals surface area contributed by atoms with Crippen LogP contribution in [0.5, 0.6) is 5.75 Å². The normalized spacial score (nSPS) is 27.6. The van der Waals surface area contributed by atoms with E-state index in [0.717, 1.165) is 49.9 Å². The number of nitrogens with zero attached hydrogens (tertiary/aromatic N) is 1. The van der Waals surface area contributed by atoms with E-state index < -0.39 is 15.9 Å². The zero-order chi connectivity index (χ0) is 28.4. The molecule has 0 saturated heterocycles. The number of sulfonamides is 1. The lowest BCUT2D eigenvalue weighted by Gasteiger charge is -2.40. The van der Waals surface area contributed by atoms with Gasteiger partial charge in [0.25, 0.3) is 5.91 Å². The number of Topliss-reactive ketones (excluding diaryl/α,β-unsaturated/α-hetero) is 1.